The minimum atomic E-state index is -0.300. The van der Waals surface area contributed by atoms with E-state index in [4.69, 9.17) is 4.74 Å². The summed E-state index contributed by atoms with van der Waals surface area (Å²) < 4.78 is 18.3. The molecule has 1 aromatic rings. The molecule has 5 heteroatoms. The van der Waals surface area contributed by atoms with Gasteiger partial charge in [0, 0.05) is 6.04 Å². The van der Waals surface area contributed by atoms with Gasteiger partial charge in [-0.3, -0.25) is 4.79 Å². The third kappa shape index (κ3) is 4.44. The Labute approximate surface area is 108 Å². The lowest BCUT2D eigenvalue weighted by atomic mass is 10.1. The predicted molar refractivity (Wildman–Crippen MR) is 67.2 cm³/mol. The maximum absolute atomic E-state index is 13.0. The summed E-state index contributed by atoms with van der Waals surface area (Å²) in [7, 11) is 0. The fraction of sp³-hybridized carbons (Fsp3) is 0.417. The summed E-state index contributed by atoms with van der Waals surface area (Å²) in [5.41, 5.74) is 0.905. The number of rotatable bonds is 5. The Bertz CT molecular complexity index is 398. The average Bonchev–Trinajstić information content (AvgIpc) is 2.30. The Balaban J connectivity index is 2.54. The van der Waals surface area contributed by atoms with Gasteiger partial charge in [0.25, 0.3) is 0 Å². The number of ether oxygens (including phenoxy) is 1. The van der Waals surface area contributed by atoms with Crippen molar-refractivity contribution in [3.05, 3.63) is 34.1 Å². The highest BCUT2D eigenvalue weighted by molar-refractivity contribution is 9.10. The van der Waals surface area contributed by atoms with Gasteiger partial charge in [-0.05, 0) is 47.5 Å². The van der Waals surface area contributed by atoms with E-state index in [-0.39, 0.29) is 24.4 Å². The standard InChI is InChI=1S/C12H15BrFNO2/c1-3-17-12(16)7-15-8(2)9-4-5-11(14)10(13)6-9/h4-6,8,15H,3,7H2,1-2H3. The van der Waals surface area contributed by atoms with Crippen LogP contribution in [0.25, 0.3) is 0 Å². The number of carbonyl (C=O) groups excluding carboxylic acids is 1. The Morgan fingerprint density at radius 3 is 2.88 bits per heavy atom. The maximum atomic E-state index is 13.0. The molecule has 0 spiro atoms. The van der Waals surface area contributed by atoms with Crippen molar-refractivity contribution >= 4 is 21.9 Å². The second kappa shape index (κ2) is 6.71. The molecule has 1 N–H and O–H groups in total. The molecule has 0 radical (unpaired) electrons. The molecule has 0 aliphatic carbocycles. The van der Waals surface area contributed by atoms with Crippen LogP contribution >= 0.6 is 15.9 Å². The Morgan fingerprint density at radius 1 is 1.59 bits per heavy atom. The number of hydrogen-bond donors (Lipinski definition) is 1. The van der Waals surface area contributed by atoms with Gasteiger partial charge in [0.2, 0.25) is 0 Å². The van der Waals surface area contributed by atoms with E-state index < -0.39 is 0 Å². The first kappa shape index (κ1) is 14.1. The second-order valence-corrected chi connectivity index (χ2v) is 4.44. The lowest BCUT2D eigenvalue weighted by molar-refractivity contribution is -0.142. The number of nitrogens with one attached hydrogen (secondary N) is 1. The molecule has 0 heterocycles. The van der Waals surface area contributed by atoms with Crippen molar-refractivity contribution in [2.75, 3.05) is 13.2 Å². The molecule has 0 bridgehead atoms. The first-order valence-electron chi connectivity index (χ1n) is 5.38. The van der Waals surface area contributed by atoms with E-state index in [1.54, 1.807) is 19.1 Å². The van der Waals surface area contributed by atoms with Crippen LogP contribution in [0.3, 0.4) is 0 Å². The van der Waals surface area contributed by atoms with Gasteiger partial charge in [0.1, 0.15) is 5.82 Å². The van der Waals surface area contributed by atoms with Gasteiger partial charge in [0.05, 0.1) is 17.6 Å². The van der Waals surface area contributed by atoms with E-state index in [0.29, 0.717) is 11.1 Å². The molecule has 1 atom stereocenters. The third-order valence-corrected chi connectivity index (χ3v) is 2.91. The topological polar surface area (TPSA) is 38.3 Å². The molecule has 3 nitrogen and oxygen atoms in total. The molecule has 1 unspecified atom stereocenters. The Morgan fingerprint density at radius 2 is 2.29 bits per heavy atom. The zero-order chi connectivity index (χ0) is 12.8. The molecule has 0 fully saturated rings. The summed E-state index contributed by atoms with van der Waals surface area (Å²) in [6, 6.07) is 4.72. The Hall–Kier alpha value is -0.940. The zero-order valence-electron chi connectivity index (χ0n) is 9.80. The smallest absolute Gasteiger partial charge is 0.319 e. The van der Waals surface area contributed by atoms with Crippen LogP contribution in [0.2, 0.25) is 0 Å². The highest BCUT2D eigenvalue weighted by Crippen LogP contribution is 2.20. The van der Waals surface area contributed by atoms with Gasteiger partial charge >= 0.3 is 5.97 Å². The minimum absolute atomic E-state index is 0.0451. The molecule has 1 aromatic carbocycles. The van der Waals surface area contributed by atoms with Crippen molar-refractivity contribution in [2.24, 2.45) is 0 Å². The fourth-order valence-electron chi connectivity index (χ4n) is 1.35. The van der Waals surface area contributed by atoms with Gasteiger partial charge in [-0.1, -0.05) is 6.07 Å². The summed E-state index contributed by atoms with van der Waals surface area (Å²) in [5.74, 6) is -0.591. The summed E-state index contributed by atoms with van der Waals surface area (Å²) in [6.45, 7) is 4.18. The number of benzene rings is 1. The summed E-state index contributed by atoms with van der Waals surface area (Å²) >= 11 is 3.12. The highest BCUT2D eigenvalue weighted by Gasteiger charge is 2.09. The van der Waals surface area contributed by atoms with Crippen LogP contribution in [0.5, 0.6) is 0 Å². The molecule has 0 aliphatic heterocycles. The number of halogens is 2. The highest BCUT2D eigenvalue weighted by atomic mass is 79.9. The number of esters is 1. The number of hydrogen-bond acceptors (Lipinski definition) is 3. The fourth-order valence-corrected chi connectivity index (χ4v) is 1.74. The van der Waals surface area contributed by atoms with Crippen molar-refractivity contribution in [2.45, 2.75) is 19.9 Å². The molecule has 0 aromatic heterocycles. The monoisotopic (exact) mass is 303 g/mol. The van der Waals surface area contributed by atoms with E-state index >= 15 is 0 Å². The number of carbonyl (C=O) groups is 1. The van der Waals surface area contributed by atoms with Gasteiger partial charge < -0.3 is 10.1 Å². The molecular weight excluding hydrogens is 289 g/mol. The summed E-state index contributed by atoms with van der Waals surface area (Å²) in [5, 5.41) is 3.01. The molecule has 17 heavy (non-hydrogen) atoms. The van der Waals surface area contributed by atoms with Crippen LogP contribution in [0.15, 0.2) is 22.7 Å². The first-order chi connectivity index (χ1) is 8.04. The lowest BCUT2D eigenvalue weighted by Gasteiger charge is -2.14. The third-order valence-electron chi connectivity index (χ3n) is 2.30. The van der Waals surface area contributed by atoms with Crippen molar-refractivity contribution < 1.29 is 13.9 Å². The van der Waals surface area contributed by atoms with Crippen molar-refractivity contribution in [3.63, 3.8) is 0 Å². The second-order valence-electron chi connectivity index (χ2n) is 3.58. The first-order valence-corrected chi connectivity index (χ1v) is 6.17. The molecule has 0 aliphatic rings. The van der Waals surface area contributed by atoms with Crippen molar-refractivity contribution in [1.29, 1.82) is 0 Å². The Kier molecular flexibility index (Phi) is 5.58. The molecule has 0 saturated heterocycles. The molecule has 94 valence electrons. The zero-order valence-corrected chi connectivity index (χ0v) is 11.4. The van der Waals surface area contributed by atoms with Crippen LogP contribution < -0.4 is 5.32 Å². The minimum Gasteiger partial charge on any atom is -0.465 e. The molecule has 1 rings (SSSR count). The summed E-state index contributed by atoms with van der Waals surface area (Å²) in [4.78, 5) is 11.1. The van der Waals surface area contributed by atoms with E-state index in [1.807, 2.05) is 6.92 Å². The molecular formula is C12H15BrFNO2. The maximum Gasteiger partial charge on any atom is 0.319 e. The van der Waals surface area contributed by atoms with E-state index in [1.165, 1.54) is 6.07 Å². The molecule has 0 saturated carbocycles. The van der Waals surface area contributed by atoms with Gasteiger partial charge in [0.15, 0.2) is 0 Å². The van der Waals surface area contributed by atoms with Gasteiger partial charge in [-0.25, -0.2) is 4.39 Å². The molecule has 0 amide bonds. The van der Waals surface area contributed by atoms with Crippen molar-refractivity contribution in [3.8, 4) is 0 Å². The van der Waals surface area contributed by atoms with E-state index in [9.17, 15) is 9.18 Å². The normalized spacial score (nSPS) is 12.2. The largest absolute Gasteiger partial charge is 0.465 e. The average molecular weight is 304 g/mol. The van der Waals surface area contributed by atoms with Crippen molar-refractivity contribution in [1.82, 2.24) is 5.32 Å². The lowest BCUT2D eigenvalue weighted by Crippen LogP contribution is -2.27. The summed E-state index contributed by atoms with van der Waals surface area (Å²) in [6.07, 6.45) is 0. The SMILES string of the molecule is CCOC(=O)CNC(C)c1ccc(F)c(Br)c1. The predicted octanol–water partition coefficient (Wildman–Crippen LogP) is 2.80. The van der Waals surface area contributed by atoms with Gasteiger partial charge in [-0.15, -0.1) is 0 Å². The van der Waals surface area contributed by atoms with Crippen LogP contribution in [-0.4, -0.2) is 19.1 Å². The van der Waals surface area contributed by atoms with E-state index in [0.717, 1.165) is 5.56 Å². The quantitative estimate of drug-likeness (QED) is 0.850. The van der Waals surface area contributed by atoms with Crippen LogP contribution in [0, 0.1) is 5.82 Å². The van der Waals surface area contributed by atoms with Crippen LogP contribution in [0.4, 0.5) is 4.39 Å². The van der Waals surface area contributed by atoms with Crippen LogP contribution in [-0.2, 0) is 9.53 Å². The van der Waals surface area contributed by atoms with E-state index in [2.05, 4.69) is 21.2 Å². The van der Waals surface area contributed by atoms with Crippen LogP contribution in [0.1, 0.15) is 25.5 Å². The van der Waals surface area contributed by atoms with Gasteiger partial charge in [-0.2, -0.15) is 0 Å².